The lowest BCUT2D eigenvalue weighted by Gasteiger charge is -2.11. The maximum Gasteiger partial charge on any atom is 0.435 e. The number of nitrogens with zero attached hydrogens (tertiary/aromatic N) is 3. The lowest BCUT2D eigenvalue weighted by atomic mass is 10.1. The smallest absolute Gasteiger partial charge is 0.435 e. The summed E-state index contributed by atoms with van der Waals surface area (Å²) in [5.41, 5.74) is 1.07. The van der Waals surface area contributed by atoms with Gasteiger partial charge in [-0.15, -0.1) is 0 Å². The highest BCUT2D eigenvalue weighted by atomic mass is 79.9. The zero-order valence-corrected chi connectivity index (χ0v) is 13.0. The van der Waals surface area contributed by atoms with Crippen LogP contribution < -0.4 is 14.7 Å². The highest BCUT2D eigenvalue weighted by Gasteiger charge is 2.42. The highest BCUT2D eigenvalue weighted by molar-refractivity contribution is 9.10. The minimum absolute atomic E-state index is 0.0277. The van der Waals surface area contributed by atoms with Crippen LogP contribution in [0.25, 0.3) is 0 Å². The van der Waals surface area contributed by atoms with Gasteiger partial charge >= 0.3 is 16.5 Å². The van der Waals surface area contributed by atoms with E-state index < -0.39 is 0 Å². The molecule has 1 heterocycles. The second-order valence-electron chi connectivity index (χ2n) is 4.43. The quantitative estimate of drug-likeness (QED) is 0.855. The van der Waals surface area contributed by atoms with Crippen molar-refractivity contribution in [3.8, 4) is 5.95 Å². The van der Waals surface area contributed by atoms with Gasteiger partial charge in [-0.1, -0.05) is 30.3 Å². The molecule has 2 rings (SSSR count). The fraction of sp³-hybridized carbons (Fsp3) is 0.308. The van der Waals surface area contributed by atoms with Gasteiger partial charge in [0, 0.05) is 28.4 Å². The van der Waals surface area contributed by atoms with Crippen molar-refractivity contribution in [1.82, 2.24) is 0 Å². The number of aromatic nitrogens is 2. The Labute approximate surface area is 124 Å². The molecule has 1 aromatic heterocycles. The van der Waals surface area contributed by atoms with Gasteiger partial charge in [-0.25, -0.2) is 4.79 Å². The Morgan fingerprint density at radius 2 is 2.00 bits per heavy atom. The first kappa shape index (κ1) is 14.5. The summed E-state index contributed by atoms with van der Waals surface area (Å²) >= 11 is 3.22. The SMILES string of the molecule is CC(=O)[n+]1oc(O)c(Br)[n+]1N(C)C(C)c1ccccc1. The van der Waals surface area contributed by atoms with Crippen molar-refractivity contribution >= 4 is 21.8 Å². The lowest BCUT2D eigenvalue weighted by molar-refractivity contribution is -1.27. The number of benzene rings is 1. The molecule has 1 atom stereocenters. The van der Waals surface area contributed by atoms with Crippen molar-refractivity contribution in [2.75, 3.05) is 12.1 Å². The normalized spacial score (nSPS) is 12.2. The van der Waals surface area contributed by atoms with Gasteiger partial charge in [-0.05, 0) is 11.9 Å². The molecule has 0 aliphatic carbocycles. The van der Waals surface area contributed by atoms with Crippen molar-refractivity contribution in [2.45, 2.75) is 19.9 Å². The third kappa shape index (κ3) is 2.53. The minimum atomic E-state index is -0.354. The molecule has 1 N–H and O–H groups in total. The Morgan fingerprint density at radius 3 is 2.55 bits per heavy atom. The molecule has 0 aliphatic heterocycles. The Hall–Kier alpha value is -1.89. The fourth-order valence-corrected chi connectivity index (χ4v) is 2.37. The number of halogens is 1. The van der Waals surface area contributed by atoms with Crippen LogP contribution in [-0.4, -0.2) is 18.1 Å². The van der Waals surface area contributed by atoms with Gasteiger partial charge < -0.3 is 5.11 Å². The molecule has 1 unspecified atom stereocenters. The molecule has 7 heteroatoms. The van der Waals surface area contributed by atoms with Gasteiger partial charge in [-0.2, -0.15) is 4.52 Å². The average Bonchev–Trinajstić information content (AvgIpc) is 2.74. The Bertz CT molecular complexity index is 627. The average molecular weight is 342 g/mol. The van der Waals surface area contributed by atoms with E-state index in [4.69, 9.17) is 4.52 Å². The standard InChI is InChI=1S/C13H15BrN3O3/c1-9(11-7-5-4-6-8-11)15(3)16-12(14)13(19)20-17(16)10(2)18/h4-9H,1-3H3/q+1/p+1. The molecule has 0 amide bonds. The van der Waals surface area contributed by atoms with E-state index in [1.165, 1.54) is 11.7 Å². The summed E-state index contributed by atoms with van der Waals surface area (Å²) in [6.07, 6.45) is 0. The van der Waals surface area contributed by atoms with E-state index in [2.05, 4.69) is 15.9 Å². The molecule has 0 saturated heterocycles. The van der Waals surface area contributed by atoms with Crippen molar-refractivity contribution in [3.63, 3.8) is 0 Å². The number of rotatable bonds is 3. The van der Waals surface area contributed by atoms with Crippen LogP contribution in [0.2, 0.25) is 0 Å². The molecular weight excluding hydrogens is 326 g/mol. The second kappa shape index (κ2) is 5.62. The summed E-state index contributed by atoms with van der Waals surface area (Å²) in [5, 5.41) is 11.4. The molecule has 2 aromatic rings. The topological polar surface area (TPSA) is 61.4 Å². The highest BCUT2D eigenvalue weighted by Crippen LogP contribution is 2.20. The predicted molar refractivity (Wildman–Crippen MR) is 73.8 cm³/mol. The zero-order valence-electron chi connectivity index (χ0n) is 11.4. The van der Waals surface area contributed by atoms with Gasteiger partial charge in [0.05, 0.1) is 0 Å². The molecule has 0 fully saturated rings. The molecule has 6 nitrogen and oxygen atoms in total. The number of hydrogen-bond acceptors (Lipinski definition) is 4. The van der Waals surface area contributed by atoms with Crippen LogP contribution in [0.15, 0.2) is 39.5 Å². The minimum Gasteiger partial charge on any atom is -0.472 e. The van der Waals surface area contributed by atoms with Crippen LogP contribution in [0.1, 0.15) is 30.2 Å². The van der Waals surface area contributed by atoms with Gasteiger partial charge in [0.1, 0.15) is 7.05 Å². The van der Waals surface area contributed by atoms with Crippen molar-refractivity contribution < 1.29 is 24.1 Å². The van der Waals surface area contributed by atoms with Crippen LogP contribution in [0.4, 0.5) is 0 Å². The number of carbonyl (C=O) groups excluding carboxylic acids is 1. The number of carbonyl (C=O) groups is 1. The van der Waals surface area contributed by atoms with Crippen molar-refractivity contribution in [1.29, 1.82) is 0 Å². The van der Waals surface area contributed by atoms with Crippen molar-refractivity contribution in [3.05, 3.63) is 40.5 Å². The summed E-state index contributed by atoms with van der Waals surface area (Å²) in [4.78, 5) is 14.0. The van der Waals surface area contributed by atoms with E-state index in [0.717, 1.165) is 10.4 Å². The summed E-state index contributed by atoms with van der Waals surface area (Å²) in [7, 11) is 1.80. The number of aromatic hydroxyl groups is 1. The molecule has 0 aliphatic rings. The maximum atomic E-state index is 11.6. The van der Waals surface area contributed by atoms with E-state index in [1.54, 1.807) is 12.1 Å². The van der Waals surface area contributed by atoms with Gasteiger partial charge in [-0.3, -0.25) is 0 Å². The van der Waals surface area contributed by atoms with Crippen LogP contribution in [-0.2, 0) is 0 Å². The molecule has 106 valence electrons. The Morgan fingerprint density at radius 1 is 1.40 bits per heavy atom. The van der Waals surface area contributed by atoms with Crippen LogP contribution >= 0.6 is 15.9 Å². The fourth-order valence-electron chi connectivity index (χ4n) is 1.90. The number of hydrogen-bond donors (Lipinski definition) is 1. The molecule has 0 radical (unpaired) electrons. The zero-order chi connectivity index (χ0) is 14.9. The lowest BCUT2D eigenvalue weighted by Crippen LogP contribution is -2.77. The van der Waals surface area contributed by atoms with Crippen LogP contribution in [0.3, 0.4) is 0 Å². The van der Waals surface area contributed by atoms with Gasteiger partial charge in [0.25, 0.3) is 0 Å². The van der Waals surface area contributed by atoms with Crippen LogP contribution in [0.5, 0.6) is 5.95 Å². The molecule has 20 heavy (non-hydrogen) atoms. The van der Waals surface area contributed by atoms with E-state index in [-0.39, 0.29) is 22.5 Å². The van der Waals surface area contributed by atoms with E-state index in [0.29, 0.717) is 0 Å². The first-order valence-corrected chi connectivity index (χ1v) is 6.88. The Kier molecular flexibility index (Phi) is 4.08. The van der Waals surface area contributed by atoms with Crippen molar-refractivity contribution in [2.24, 2.45) is 0 Å². The largest absolute Gasteiger partial charge is 0.472 e. The molecule has 0 spiro atoms. The first-order valence-electron chi connectivity index (χ1n) is 6.08. The molecule has 1 aromatic carbocycles. The summed E-state index contributed by atoms with van der Waals surface area (Å²) in [6.45, 7) is 3.34. The predicted octanol–water partition coefficient (Wildman–Crippen LogP) is 1.31. The van der Waals surface area contributed by atoms with E-state index in [9.17, 15) is 9.90 Å². The monoisotopic (exact) mass is 341 g/mol. The van der Waals surface area contributed by atoms with Gasteiger partial charge in [0.15, 0.2) is 6.04 Å². The Balaban J connectivity index is 2.43. The third-order valence-electron chi connectivity index (χ3n) is 3.11. The second-order valence-corrected chi connectivity index (χ2v) is 5.18. The van der Waals surface area contributed by atoms with E-state index >= 15 is 0 Å². The maximum absolute atomic E-state index is 11.6. The molecule has 0 saturated carbocycles. The summed E-state index contributed by atoms with van der Waals surface area (Å²) in [5.74, 6) is -0.703. The molecular formula is C13H16BrN3O3+2. The van der Waals surface area contributed by atoms with Gasteiger partial charge in [0.2, 0.25) is 9.65 Å². The van der Waals surface area contributed by atoms with Crippen LogP contribution in [0, 0.1) is 0 Å². The first-order chi connectivity index (χ1) is 9.43. The van der Waals surface area contributed by atoms with E-state index in [1.807, 2.05) is 37.3 Å². The molecule has 0 bridgehead atoms. The third-order valence-corrected chi connectivity index (χ3v) is 3.76. The summed E-state index contributed by atoms with van der Waals surface area (Å²) in [6, 6.07) is 9.80. The summed E-state index contributed by atoms with van der Waals surface area (Å²) < 4.78 is 5.29.